The number of benzene rings is 3. The number of H-pyrrole nitrogens is 1. The second-order valence-electron chi connectivity index (χ2n) is 11.8. The van der Waals surface area contributed by atoms with Gasteiger partial charge in [0.05, 0.1) is 18.2 Å². The van der Waals surface area contributed by atoms with Gasteiger partial charge in [0, 0.05) is 31.1 Å². The summed E-state index contributed by atoms with van der Waals surface area (Å²) in [6.07, 6.45) is 3.58. The van der Waals surface area contributed by atoms with Gasteiger partial charge in [0.2, 0.25) is 5.56 Å². The highest BCUT2D eigenvalue weighted by atomic mass is 16.5. The summed E-state index contributed by atoms with van der Waals surface area (Å²) in [6, 6.07) is 23.7. The first-order chi connectivity index (χ1) is 21.9. The second kappa shape index (κ2) is 15.7. The van der Waals surface area contributed by atoms with E-state index < -0.39 is 12.0 Å². The number of unbranched alkanes of at least 4 members (excludes halogenated alkanes) is 2. The van der Waals surface area contributed by atoms with Gasteiger partial charge in [-0.2, -0.15) is 0 Å². The minimum absolute atomic E-state index is 0.0258. The van der Waals surface area contributed by atoms with Crippen LogP contribution in [0.4, 0.5) is 0 Å². The molecule has 238 valence electrons. The number of hydrogen-bond donors (Lipinski definition) is 4. The lowest BCUT2D eigenvalue weighted by Gasteiger charge is -2.30. The summed E-state index contributed by atoms with van der Waals surface area (Å²) in [5.41, 5.74) is 2.42. The number of hydrogen-bond acceptors (Lipinski definition) is 8. The number of esters is 1. The number of ether oxygens (including phenoxy) is 2. The van der Waals surface area contributed by atoms with Gasteiger partial charge in [-0.3, -0.25) is 9.59 Å². The molecule has 1 aliphatic rings. The highest BCUT2D eigenvalue weighted by Crippen LogP contribution is 2.31. The van der Waals surface area contributed by atoms with E-state index in [1.54, 1.807) is 12.1 Å². The molecule has 0 radical (unpaired) electrons. The highest BCUT2D eigenvalue weighted by Gasteiger charge is 2.28. The number of phenolic OH excluding ortho intramolecular Hbond substituents is 1. The van der Waals surface area contributed by atoms with E-state index in [1.165, 1.54) is 12.1 Å². The number of pyridine rings is 1. The summed E-state index contributed by atoms with van der Waals surface area (Å²) in [7, 11) is 2.09. The summed E-state index contributed by atoms with van der Waals surface area (Å²) in [4.78, 5) is 30.0. The molecule has 0 spiro atoms. The van der Waals surface area contributed by atoms with Crippen LogP contribution in [0.1, 0.15) is 60.8 Å². The van der Waals surface area contributed by atoms with E-state index in [2.05, 4.69) is 22.2 Å². The number of aliphatic hydroxyl groups excluding tert-OH is 1. The normalized spacial score (nSPS) is 15.5. The van der Waals surface area contributed by atoms with Gasteiger partial charge < -0.3 is 34.9 Å². The number of aliphatic hydroxyl groups is 1. The third-order valence-corrected chi connectivity index (χ3v) is 8.38. The van der Waals surface area contributed by atoms with Crippen LogP contribution in [0.2, 0.25) is 0 Å². The molecule has 5 rings (SSSR count). The van der Waals surface area contributed by atoms with Gasteiger partial charge in [0.1, 0.15) is 23.5 Å². The van der Waals surface area contributed by atoms with E-state index >= 15 is 0 Å². The number of rotatable bonds is 14. The molecule has 9 nitrogen and oxygen atoms in total. The van der Waals surface area contributed by atoms with Crippen molar-refractivity contribution < 1.29 is 24.5 Å². The molecule has 0 saturated carbocycles. The van der Waals surface area contributed by atoms with Crippen molar-refractivity contribution in [2.24, 2.45) is 0 Å². The van der Waals surface area contributed by atoms with Crippen LogP contribution in [0.5, 0.6) is 11.5 Å². The molecule has 45 heavy (non-hydrogen) atoms. The number of piperidine rings is 1. The molecule has 2 unspecified atom stereocenters. The van der Waals surface area contributed by atoms with Crippen LogP contribution in [0, 0.1) is 0 Å². The largest absolute Gasteiger partial charge is 0.506 e. The topological polar surface area (TPSA) is 124 Å². The standard InChI is InChI=1S/C36H43N3O6/c1-39-20-17-27(18-21-39)45-36(43)34(25-9-4-2-5-10-25)26-11-8-12-28(23-26)44-22-7-3-6-19-37-24-32(41)29-13-15-31(40)35-30(29)14-16-33(42)38-35/h2,4-5,8-16,23,27,32,34,37,40-41H,3,6-7,17-22,24H2,1H3,(H,38,42). The first-order valence-corrected chi connectivity index (χ1v) is 15.8. The Balaban J connectivity index is 1.07. The smallest absolute Gasteiger partial charge is 0.318 e. The Morgan fingerprint density at radius 1 is 0.978 bits per heavy atom. The average Bonchev–Trinajstić information content (AvgIpc) is 3.04. The van der Waals surface area contributed by atoms with Crippen LogP contribution in [0.3, 0.4) is 0 Å². The van der Waals surface area contributed by atoms with Crippen LogP contribution in [0.25, 0.3) is 10.9 Å². The average molecular weight is 614 g/mol. The lowest BCUT2D eigenvalue weighted by molar-refractivity contribution is -0.151. The first-order valence-electron chi connectivity index (χ1n) is 15.8. The fraction of sp³-hybridized carbons (Fsp3) is 0.389. The monoisotopic (exact) mass is 613 g/mol. The number of phenols is 1. The van der Waals surface area contributed by atoms with Crippen LogP contribution in [0.15, 0.2) is 83.7 Å². The van der Waals surface area contributed by atoms with Gasteiger partial charge >= 0.3 is 5.97 Å². The first kappa shape index (κ1) is 32.2. The molecule has 4 aromatic rings. The number of aromatic amines is 1. The Hall–Kier alpha value is -4.18. The van der Waals surface area contributed by atoms with Gasteiger partial charge in [-0.25, -0.2) is 0 Å². The van der Waals surface area contributed by atoms with Crippen molar-refractivity contribution in [1.82, 2.24) is 15.2 Å². The van der Waals surface area contributed by atoms with E-state index in [-0.39, 0.29) is 23.4 Å². The Kier molecular flexibility index (Phi) is 11.2. The Morgan fingerprint density at radius 2 is 1.76 bits per heavy atom. The van der Waals surface area contributed by atoms with E-state index in [9.17, 15) is 19.8 Å². The molecule has 3 aromatic carbocycles. The highest BCUT2D eigenvalue weighted by molar-refractivity contribution is 5.87. The van der Waals surface area contributed by atoms with Crippen LogP contribution >= 0.6 is 0 Å². The summed E-state index contributed by atoms with van der Waals surface area (Å²) in [5.74, 6) is -0.0388. The van der Waals surface area contributed by atoms with Crippen molar-refractivity contribution in [3.63, 3.8) is 0 Å². The van der Waals surface area contributed by atoms with E-state index in [0.29, 0.717) is 29.6 Å². The fourth-order valence-electron chi connectivity index (χ4n) is 5.85. The Morgan fingerprint density at radius 3 is 2.56 bits per heavy atom. The molecule has 1 saturated heterocycles. The Labute approximate surface area is 263 Å². The zero-order valence-electron chi connectivity index (χ0n) is 25.8. The van der Waals surface area contributed by atoms with Crippen molar-refractivity contribution in [3.8, 4) is 11.5 Å². The number of carbonyl (C=O) groups excluding carboxylic acids is 1. The fourth-order valence-corrected chi connectivity index (χ4v) is 5.85. The number of likely N-dealkylation sites (tertiary alicyclic amines) is 1. The maximum absolute atomic E-state index is 13.5. The predicted molar refractivity (Wildman–Crippen MR) is 175 cm³/mol. The summed E-state index contributed by atoms with van der Waals surface area (Å²) >= 11 is 0. The van der Waals surface area contributed by atoms with Crippen molar-refractivity contribution in [2.75, 3.05) is 39.8 Å². The van der Waals surface area contributed by atoms with Gasteiger partial charge in [-0.1, -0.05) is 48.5 Å². The zero-order chi connectivity index (χ0) is 31.6. The van der Waals surface area contributed by atoms with Crippen molar-refractivity contribution >= 4 is 16.9 Å². The van der Waals surface area contributed by atoms with Crippen molar-refractivity contribution in [1.29, 1.82) is 0 Å². The number of fused-ring (bicyclic) bond motifs is 1. The number of aromatic nitrogens is 1. The molecule has 1 fully saturated rings. The zero-order valence-corrected chi connectivity index (χ0v) is 25.8. The van der Waals surface area contributed by atoms with Crippen LogP contribution < -0.4 is 15.6 Å². The van der Waals surface area contributed by atoms with Gasteiger partial charge in [-0.05, 0) is 86.7 Å². The van der Waals surface area contributed by atoms with Crippen molar-refractivity contribution in [2.45, 2.75) is 50.2 Å². The molecule has 0 amide bonds. The third-order valence-electron chi connectivity index (χ3n) is 8.38. The number of aromatic hydroxyl groups is 1. The Bertz CT molecular complexity index is 1600. The quantitative estimate of drug-likeness (QED) is 0.117. The number of carbonyl (C=O) groups is 1. The molecular weight excluding hydrogens is 570 g/mol. The van der Waals surface area contributed by atoms with Crippen LogP contribution in [-0.4, -0.2) is 72.0 Å². The lowest BCUT2D eigenvalue weighted by Crippen LogP contribution is -2.36. The van der Waals surface area contributed by atoms with E-state index in [1.807, 2.05) is 54.6 Å². The minimum Gasteiger partial charge on any atom is -0.506 e. The molecular formula is C36H43N3O6. The molecule has 1 aliphatic heterocycles. The van der Waals surface area contributed by atoms with E-state index in [0.717, 1.165) is 68.6 Å². The molecule has 2 atom stereocenters. The predicted octanol–water partition coefficient (Wildman–Crippen LogP) is 4.88. The second-order valence-corrected chi connectivity index (χ2v) is 11.8. The third kappa shape index (κ3) is 8.72. The molecule has 1 aromatic heterocycles. The van der Waals surface area contributed by atoms with Gasteiger partial charge in [-0.15, -0.1) is 0 Å². The molecule has 0 bridgehead atoms. The summed E-state index contributed by atoms with van der Waals surface area (Å²) in [6.45, 7) is 3.50. The number of nitrogens with zero attached hydrogens (tertiary/aromatic N) is 1. The molecule has 0 aliphatic carbocycles. The minimum atomic E-state index is -0.782. The molecule has 9 heteroatoms. The molecule has 4 N–H and O–H groups in total. The van der Waals surface area contributed by atoms with Crippen LogP contribution in [-0.2, 0) is 9.53 Å². The van der Waals surface area contributed by atoms with E-state index in [4.69, 9.17) is 9.47 Å². The van der Waals surface area contributed by atoms with Gasteiger partial charge in [0.25, 0.3) is 0 Å². The number of nitrogens with one attached hydrogen (secondary N) is 2. The maximum Gasteiger partial charge on any atom is 0.318 e. The van der Waals surface area contributed by atoms with Crippen molar-refractivity contribution in [3.05, 3.63) is 106 Å². The summed E-state index contributed by atoms with van der Waals surface area (Å²) < 4.78 is 12.1. The molecule has 2 heterocycles. The maximum atomic E-state index is 13.5. The SMILES string of the molecule is CN1CCC(OC(=O)C(c2ccccc2)c2cccc(OCCCCCNCC(O)c3ccc(O)c4[nH]c(=O)ccc34)c2)CC1. The summed E-state index contributed by atoms with van der Waals surface area (Å²) in [5, 5.41) is 24.7. The van der Waals surface area contributed by atoms with Gasteiger partial charge in [0.15, 0.2) is 0 Å². The lowest BCUT2D eigenvalue weighted by atomic mass is 9.91.